The molecule has 1 amide bonds. The van der Waals surface area contributed by atoms with Crippen LogP contribution < -0.4 is 5.32 Å². The van der Waals surface area contributed by atoms with Gasteiger partial charge in [0.15, 0.2) is 35.4 Å². The Labute approximate surface area is 173 Å². The van der Waals surface area contributed by atoms with Crippen LogP contribution in [0.5, 0.6) is 0 Å². The van der Waals surface area contributed by atoms with Crippen molar-refractivity contribution in [3.8, 4) is 0 Å². The quantitative estimate of drug-likeness (QED) is 0.580. The van der Waals surface area contributed by atoms with E-state index < -0.39 is 42.8 Å². The Balaban J connectivity index is 1.65. The van der Waals surface area contributed by atoms with Crippen LogP contribution >= 0.6 is 0 Å². The second kappa shape index (κ2) is 8.32. The number of nitrogens with one attached hydrogen (secondary N) is 1. The Hall–Kier alpha value is -3.51. The number of hydrogen-bond acceptors (Lipinski definition) is 8. The van der Waals surface area contributed by atoms with Gasteiger partial charge < -0.3 is 19.9 Å². The first-order valence-corrected chi connectivity index (χ1v) is 9.19. The van der Waals surface area contributed by atoms with Crippen molar-refractivity contribution in [3.05, 3.63) is 48.5 Å². The molecule has 12 heteroatoms. The van der Waals surface area contributed by atoms with Gasteiger partial charge in [0, 0.05) is 12.5 Å². The Morgan fingerprint density at radius 2 is 1.97 bits per heavy atom. The minimum Gasteiger partial charge on any atom is -0.457 e. The molecule has 1 aliphatic heterocycles. The highest BCUT2D eigenvalue weighted by atomic mass is 19.3. The van der Waals surface area contributed by atoms with E-state index in [9.17, 15) is 23.5 Å². The third-order valence-electron chi connectivity index (χ3n) is 4.70. The van der Waals surface area contributed by atoms with Gasteiger partial charge in [-0.05, 0) is 12.1 Å². The summed E-state index contributed by atoms with van der Waals surface area (Å²) in [5.74, 6) is -1.17. The Morgan fingerprint density at radius 3 is 2.65 bits per heavy atom. The Kier molecular flexibility index (Phi) is 5.57. The first-order valence-electron chi connectivity index (χ1n) is 9.19. The first kappa shape index (κ1) is 20.8. The molecule has 162 valence electrons. The number of imidazole rings is 1. The lowest BCUT2D eigenvalue weighted by molar-refractivity contribution is -0.158. The van der Waals surface area contributed by atoms with Crippen LogP contribution in [0.1, 0.15) is 23.5 Å². The van der Waals surface area contributed by atoms with Gasteiger partial charge in [-0.2, -0.15) is 0 Å². The number of carbonyl (C=O) groups is 2. The van der Waals surface area contributed by atoms with Crippen LogP contribution in [0.4, 0.5) is 14.6 Å². The van der Waals surface area contributed by atoms with E-state index in [-0.39, 0.29) is 17.0 Å². The predicted octanol–water partition coefficient (Wildman–Crippen LogP) is 1.53. The molecule has 2 aromatic heterocycles. The second-order valence-corrected chi connectivity index (χ2v) is 6.76. The zero-order valence-corrected chi connectivity index (χ0v) is 16.1. The lowest BCUT2D eigenvalue weighted by atomic mass is 10.1. The molecular weight excluding hydrogens is 416 g/mol. The summed E-state index contributed by atoms with van der Waals surface area (Å²) in [5, 5.41) is 13.1. The molecule has 4 atom stereocenters. The fraction of sp³-hybridized carbons (Fsp3) is 0.316. The van der Waals surface area contributed by atoms with E-state index in [2.05, 4.69) is 20.3 Å². The van der Waals surface area contributed by atoms with Crippen LogP contribution in [0, 0.1) is 0 Å². The Bertz CT molecular complexity index is 1110. The molecule has 0 bridgehead atoms. The number of amides is 1. The molecule has 10 nitrogen and oxygen atoms in total. The summed E-state index contributed by atoms with van der Waals surface area (Å²) in [6.07, 6.45) is -6.99. The molecular formula is C19H17F2N5O5. The van der Waals surface area contributed by atoms with Gasteiger partial charge in [-0.1, -0.05) is 18.2 Å². The number of carbonyl (C=O) groups excluding carboxylic acids is 2. The largest absolute Gasteiger partial charge is 0.457 e. The third kappa shape index (κ3) is 3.94. The van der Waals surface area contributed by atoms with Crippen molar-refractivity contribution in [2.24, 2.45) is 0 Å². The molecule has 1 aliphatic rings. The number of fused-ring (bicyclic) bond motifs is 1. The fourth-order valence-electron chi connectivity index (χ4n) is 3.34. The van der Waals surface area contributed by atoms with Crippen LogP contribution in [0.15, 0.2) is 43.0 Å². The van der Waals surface area contributed by atoms with Crippen molar-refractivity contribution < 1.29 is 33.0 Å². The number of esters is 1. The number of aliphatic hydroxyl groups is 1. The minimum atomic E-state index is -3.01. The highest BCUT2D eigenvalue weighted by molar-refractivity contribution is 6.06. The smallest absolute Gasteiger partial charge is 0.303 e. The molecule has 0 saturated carbocycles. The molecule has 3 heterocycles. The number of halogens is 2. The topological polar surface area (TPSA) is 128 Å². The molecule has 4 rings (SSSR count). The van der Waals surface area contributed by atoms with Gasteiger partial charge in [-0.3, -0.25) is 14.2 Å². The number of aliphatic hydroxyl groups excluding tert-OH is 1. The normalized spacial score (nSPS) is 23.3. The summed E-state index contributed by atoms with van der Waals surface area (Å²) in [6.45, 7) is 1.05. The van der Waals surface area contributed by atoms with Gasteiger partial charge in [-0.25, -0.2) is 23.7 Å². The number of rotatable bonds is 5. The van der Waals surface area contributed by atoms with Gasteiger partial charge in [0.25, 0.3) is 12.3 Å². The molecule has 0 unspecified atom stereocenters. The molecule has 1 saturated heterocycles. The number of alkyl halides is 2. The Morgan fingerprint density at radius 1 is 1.23 bits per heavy atom. The summed E-state index contributed by atoms with van der Waals surface area (Å²) in [4.78, 5) is 35.9. The van der Waals surface area contributed by atoms with Gasteiger partial charge in [0.1, 0.15) is 12.4 Å². The van der Waals surface area contributed by atoms with Crippen LogP contribution in [0.2, 0.25) is 0 Å². The lowest BCUT2D eigenvalue weighted by Gasteiger charge is -2.19. The molecule has 2 N–H and O–H groups in total. The number of ether oxygens (including phenoxy) is 2. The van der Waals surface area contributed by atoms with Gasteiger partial charge >= 0.3 is 5.97 Å². The van der Waals surface area contributed by atoms with Crippen molar-refractivity contribution in [2.45, 2.75) is 37.9 Å². The lowest BCUT2D eigenvalue weighted by Crippen LogP contribution is -2.39. The van der Waals surface area contributed by atoms with E-state index in [0.29, 0.717) is 5.56 Å². The minimum absolute atomic E-state index is 0.0898. The maximum absolute atomic E-state index is 13.4. The molecule has 3 aromatic rings. The molecule has 1 fully saturated rings. The number of hydrogen-bond donors (Lipinski definition) is 2. The van der Waals surface area contributed by atoms with Crippen molar-refractivity contribution in [1.29, 1.82) is 0 Å². The van der Waals surface area contributed by atoms with Crippen LogP contribution in [0.3, 0.4) is 0 Å². The van der Waals surface area contributed by atoms with Crippen molar-refractivity contribution in [3.63, 3.8) is 0 Å². The molecule has 31 heavy (non-hydrogen) atoms. The van der Waals surface area contributed by atoms with Crippen LogP contribution in [-0.2, 0) is 14.3 Å². The number of nitrogens with zero attached hydrogens (tertiary/aromatic N) is 4. The predicted molar refractivity (Wildman–Crippen MR) is 101 cm³/mol. The van der Waals surface area contributed by atoms with Gasteiger partial charge in [-0.15, -0.1) is 0 Å². The van der Waals surface area contributed by atoms with E-state index in [1.807, 2.05) is 0 Å². The molecule has 0 radical (unpaired) electrons. The summed E-state index contributed by atoms with van der Waals surface area (Å²) in [5.41, 5.74) is 0.679. The summed E-state index contributed by atoms with van der Waals surface area (Å²) < 4.78 is 38.1. The van der Waals surface area contributed by atoms with Crippen molar-refractivity contribution in [1.82, 2.24) is 19.5 Å². The van der Waals surface area contributed by atoms with Crippen molar-refractivity contribution >= 4 is 28.9 Å². The molecule has 0 spiro atoms. The molecule has 0 aliphatic carbocycles. The highest BCUT2D eigenvalue weighted by Gasteiger charge is 2.51. The van der Waals surface area contributed by atoms with E-state index >= 15 is 0 Å². The number of anilines is 1. The summed E-state index contributed by atoms with van der Waals surface area (Å²) in [6, 6.07) is 8.42. The third-order valence-corrected chi connectivity index (χ3v) is 4.70. The number of aromatic nitrogens is 4. The highest BCUT2D eigenvalue weighted by Crippen LogP contribution is 2.36. The average Bonchev–Trinajstić information content (AvgIpc) is 3.30. The first-order chi connectivity index (χ1) is 14.9. The zero-order valence-electron chi connectivity index (χ0n) is 16.1. The maximum atomic E-state index is 13.4. The molecule has 1 aromatic carbocycles. The van der Waals surface area contributed by atoms with E-state index in [0.717, 1.165) is 13.3 Å². The van der Waals surface area contributed by atoms with Gasteiger partial charge in [0.2, 0.25) is 0 Å². The van der Waals surface area contributed by atoms with Crippen LogP contribution in [0.25, 0.3) is 11.2 Å². The standard InChI is InChI=1S/C19H17F2N5O5/c1-9(27)30-13-12(28)19(31-14(13)15(20)21)26-8-24-11-16(22-7-23-17(11)26)25-18(29)10-5-3-2-4-6-10/h2-8,12-15,19,28H,1H3,(H,22,23,25,29)/t12-,13+,14+,19-/m1/s1. The van der Waals surface area contributed by atoms with E-state index in [1.165, 1.54) is 10.9 Å². The SMILES string of the molecule is CC(=O)O[C@H]1[C@@H](O)[C@H](n2cnc3c(NC(=O)c4ccccc4)ncnc32)O[C@@H]1C(F)F. The summed E-state index contributed by atoms with van der Waals surface area (Å²) in [7, 11) is 0. The second-order valence-electron chi connectivity index (χ2n) is 6.76. The van der Waals surface area contributed by atoms with E-state index in [4.69, 9.17) is 9.47 Å². The average molecular weight is 433 g/mol. The fourth-order valence-corrected chi connectivity index (χ4v) is 3.34. The van der Waals surface area contributed by atoms with E-state index in [1.54, 1.807) is 30.3 Å². The number of benzene rings is 1. The van der Waals surface area contributed by atoms with Gasteiger partial charge in [0.05, 0.1) is 6.33 Å². The summed E-state index contributed by atoms with van der Waals surface area (Å²) >= 11 is 0. The van der Waals surface area contributed by atoms with Crippen molar-refractivity contribution in [2.75, 3.05) is 5.32 Å². The monoisotopic (exact) mass is 433 g/mol. The van der Waals surface area contributed by atoms with Crippen LogP contribution in [-0.4, -0.2) is 61.2 Å². The maximum Gasteiger partial charge on any atom is 0.303 e. The zero-order chi connectivity index (χ0) is 22.1.